The largest absolute Gasteiger partial charge is 0.369 e. The zero-order chi connectivity index (χ0) is 21.6. The third-order valence-electron chi connectivity index (χ3n) is 8.07. The molecule has 2 N–H and O–H groups in total. The van der Waals surface area contributed by atoms with Crippen LogP contribution in [0.25, 0.3) is 0 Å². The Morgan fingerprint density at radius 3 is 2.23 bits per heavy atom. The highest BCUT2D eigenvalue weighted by Crippen LogP contribution is 2.55. The Bertz CT molecular complexity index is 816. The molecule has 4 aliphatic carbocycles. The number of carbonyl (C=O) groups is 2. The molecule has 5 aliphatic rings. The molecule has 1 saturated heterocycles. The Morgan fingerprint density at radius 1 is 1.03 bits per heavy atom. The third kappa shape index (κ3) is 4.42. The molecule has 31 heavy (non-hydrogen) atoms. The second-order valence-electron chi connectivity index (χ2n) is 10.3. The molecular formula is C24H33ClN4O2. The summed E-state index contributed by atoms with van der Waals surface area (Å²) in [5.74, 6) is 2.07. The van der Waals surface area contributed by atoms with E-state index in [-0.39, 0.29) is 23.5 Å². The molecule has 0 aromatic heterocycles. The smallest absolute Gasteiger partial charge is 0.321 e. The van der Waals surface area contributed by atoms with Crippen LogP contribution in [0.3, 0.4) is 0 Å². The van der Waals surface area contributed by atoms with Crippen molar-refractivity contribution in [2.75, 3.05) is 31.1 Å². The first-order chi connectivity index (χ1) is 14.9. The lowest BCUT2D eigenvalue weighted by Gasteiger charge is -2.56. The van der Waals surface area contributed by atoms with Crippen molar-refractivity contribution in [2.45, 2.75) is 57.0 Å². The molecule has 1 atom stereocenters. The Kier molecular flexibility index (Phi) is 5.63. The van der Waals surface area contributed by atoms with Crippen LogP contribution in [0.4, 0.5) is 10.5 Å². The monoisotopic (exact) mass is 444 g/mol. The Morgan fingerprint density at radius 2 is 1.65 bits per heavy atom. The van der Waals surface area contributed by atoms with E-state index in [4.69, 9.17) is 11.6 Å². The van der Waals surface area contributed by atoms with E-state index in [1.807, 2.05) is 25.1 Å². The normalized spacial score (nSPS) is 33.2. The van der Waals surface area contributed by atoms with Gasteiger partial charge in [0.25, 0.3) is 0 Å². The van der Waals surface area contributed by atoms with Gasteiger partial charge in [-0.25, -0.2) is 4.79 Å². The maximum Gasteiger partial charge on any atom is 0.321 e. The minimum absolute atomic E-state index is 0.0784. The number of amides is 3. The number of imide groups is 1. The zero-order valence-electron chi connectivity index (χ0n) is 18.3. The van der Waals surface area contributed by atoms with Gasteiger partial charge in [-0.3, -0.25) is 15.0 Å². The van der Waals surface area contributed by atoms with Crippen molar-refractivity contribution in [1.82, 2.24) is 15.5 Å². The summed E-state index contributed by atoms with van der Waals surface area (Å²) in [5.41, 5.74) is 1.03. The molecule has 4 bridgehead atoms. The number of anilines is 1. The van der Waals surface area contributed by atoms with Gasteiger partial charge in [0, 0.05) is 42.4 Å². The zero-order valence-corrected chi connectivity index (χ0v) is 19.0. The standard InChI is InChI=1S/C24H33ClN4O2/c1-16(28-5-7-29(8-6-28)21-4-2-3-20(25)12-21)22(30)26-23(31)27-24-13-17-9-18(14-24)11-19(10-17)15-24/h2-4,12,16-19H,5-11,13-15H2,1H3,(H2,26,27,30,31)/t16-,17?,18?,19?,24?/m0/s1. The van der Waals surface area contributed by atoms with Crippen molar-refractivity contribution in [3.05, 3.63) is 29.3 Å². The number of hydrogen-bond donors (Lipinski definition) is 2. The van der Waals surface area contributed by atoms with E-state index in [9.17, 15) is 9.59 Å². The van der Waals surface area contributed by atoms with Crippen molar-refractivity contribution in [3.63, 3.8) is 0 Å². The van der Waals surface area contributed by atoms with E-state index in [1.165, 1.54) is 19.3 Å². The van der Waals surface area contributed by atoms with Gasteiger partial charge in [-0.1, -0.05) is 17.7 Å². The van der Waals surface area contributed by atoms with E-state index in [0.29, 0.717) is 0 Å². The molecule has 168 valence electrons. The van der Waals surface area contributed by atoms with E-state index in [0.717, 1.165) is 73.9 Å². The van der Waals surface area contributed by atoms with Crippen LogP contribution >= 0.6 is 11.6 Å². The highest BCUT2D eigenvalue weighted by atomic mass is 35.5. The molecule has 5 fully saturated rings. The van der Waals surface area contributed by atoms with Crippen LogP contribution in [-0.4, -0.2) is 54.6 Å². The highest BCUT2D eigenvalue weighted by Gasteiger charge is 2.51. The van der Waals surface area contributed by atoms with E-state index in [1.54, 1.807) is 0 Å². The quantitative estimate of drug-likeness (QED) is 0.744. The first kappa shape index (κ1) is 21.1. The molecule has 1 aromatic carbocycles. The molecule has 4 saturated carbocycles. The van der Waals surface area contributed by atoms with Gasteiger partial charge in [0.05, 0.1) is 6.04 Å². The number of rotatable bonds is 4. The summed E-state index contributed by atoms with van der Waals surface area (Å²) in [7, 11) is 0. The third-order valence-corrected chi connectivity index (χ3v) is 8.30. The fourth-order valence-electron chi connectivity index (χ4n) is 6.96. The molecule has 1 aliphatic heterocycles. The topological polar surface area (TPSA) is 64.7 Å². The van der Waals surface area contributed by atoms with Gasteiger partial charge in [0.2, 0.25) is 5.91 Å². The summed E-state index contributed by atoms with van der Waals surface area (Å²) in [6, 6.07) is 7.24. The average molecular weight is 445 g/mol. The summed E-state index contributed by atoms with van der Waals surface area (Å²) < 4.78 is 0. The maximum absolute atomic E-state index is 12.8. The number of benzene rings is 1. The van der Waals surface area contributed by atoms with Gasteiger partial charge >= 0.3 is 6.03 Å². The minimum Gasteiger partial charge on any atom is -0.369 e. The molecule has 3 amide bonds. The molecule has 1 heterocycles. The summed E-state index contributed by atoms with van der Waals surface area (Å²) >= 11 is 6.12. The highest BCUT2D eigenvalue weighted by molar-refractivity contribution is 6.30. The fraction of sp³-hybridized carbons (Fsp3) is 0.667. The molecule has 6 rings (SSSR count). The van der Waals surface area contributed by atoms with E-state index >= 15 is 0 Å². The van der Waals surface area contributed by atoms with Gasteiger partial charge < -0.3 is 10.2 Å². The molecular weight excluding hydrogens is 412 g/mol. The van der Waals surface area contributed by atoms with Gasteiger partial charge in [0.15, 0.2) is 0 Å². The summed E-state index contributed by atoms with van der Waals surface area (Å²) in [4.78, 5) is 29.9. The minimum atomic E-state index is -0.330. The SMILES string of the molecule is C[C@@H](C(=O)NC(=O)NC12CC3CC(CC(C3)C1)C2)N1CCN(c2cccc(Cl)c2)CC1. The van der Waals surface area contributed by atoms with Crippen LogP contribution in [0, 0.1) is 17.8 Å². The number of nitrogens with zero attached hydrogens (tertiary/aromatic N) is 2. The van der Waals surface area contributed by atoms with Gasteiger partial charge in [-0.15, -0.1) is 0 Å². The van der Waals surface area contributed by atoms with Crippen molar-refractivity contribution < 1.29 is 9.59 Å². The van der Waals surface area contributed by atoms with Crippen LogP contribution in [-0.2, 0) is 4.79 Å². The molecule has 7 heteroatoms. The Labute approximate surface area is 189 Å². The van der Waals surface area contributed by atoms with Crippen LogP contribution < -0.4 is 15.5 Å². The van der Waals surface area contributed by atoms with Crippen LogP contribution in [0.15, 0.2) is 24.3 Å². The predicted octanol–water partition coefficient (Wildman–Crippen LogP) is 3.65. The van der Waals surface area contributed by atoms with Gasteiger partial charge in [0.1, 0.15) is 0 Å². The molecule has 0 unspecified atom stereocenters. The van der Waals surface area contributed by atoms with Gasteiger partial charge in [-0.05, 0) is 81.4 Å². The lowest BCUT2D eigenvalue weighted by atomic mass is 9.53. The van der Waals surface area contributed by atoms with Crippen molar-refractivity contribution in [1.29, 1.82) is 0 Å². The fourth-order valence-corrected chi connectivity index (χ4v) is 7.14. The Hall–Kier alpha value is -1.79. The first-order valence-corrected chi connectivity index (χ1v) is 12.1. The van der Waals surface area contributed by atoms with Crippen LogP contribution in [0.1, 0.15) is 45.4 Å². The van der Waals surface area contributed by atoms with Gasteiger partial charge in [-0.2, -0.15) is 0 Å². The molecule has 0 radical (unpaired) electrons. The number of carbonyl (C=O) groups excluding carboxylic acids is 2. The number of halogens is 1. The number of piperazine rings is 1. The lowest BCUT2D eigenvalue weighted by Crippen LogP contribution is -2.63. The maximum atomic E-state index is 12.8. The lowest BCUT2D eigenvalue weighted by molar-refractivity contribution is -0.125. The average Bonchev–Trinajstić information content (AvgIpc) is 2.72. The van der Waals surface area contributed by atoms with Crippen LogP contribution in [0.2, 0.25) is 5.02 Å². The summed E-state index contributed by atoms with van der Waals surface area (Å²) in [5, 5.41) is 6.61. The van der Waals surface area contributed by atoms with E-state index < -0.39 is 0 Å². The van der Waals surface area contributed by atoms with Crippen molar-refractivity contribution >= 4 is 29.2 Å². The first-order valence-electron chi connectivity index (χ1n) is 11.8. The summed E-state index contributed by atoms with van der Waals surface area (Å²) in [6.07, 6.45) is 7.25. The molecule has 0 spiro atoms. The van der Waals surface area contributed by atoms with E-state index in [2.05, 4.69) is 26.5 Å². The number of nitrogens with one attached hydrogen (secondary N) is 2. The van der Waals surface area contributed by atoms with Crippen molar-refractivity contribution in [2.24, 2.45) is 17.8 Å². The molecule has 6 nitrogen and oxygen atoms in total. The Balaban J connectivity index is 1.12. The number of hydrogen-bond acceptors (Lipinski definition) is 4. The molecule has 1 aromatic rings. The van der Waals surface area contributed by atoms with Crippen molar-refractivity contribution in [3.8, 4) is 0 Å². The number of urea groups is 1. The second kappa shape index (κ2) is 8.28. The van der Waals surface area contributed by atoms with Crippen LogP contribution in [0.5, 0.6) is 0 Å². The predicted molar refractivity (Wildman–Crippen MR) is 122 cm³/mol. The second-order valence-corrected chi connectivity index (χ2v) is 10.8. The summed E-state index contributed by atoms with van der Waals surface area (Å²) in [6.45, 7) is 5.10.